The van der Waals surface area contributed by atoms with Crippen molar-refractivity contribution in [1.29, 1.82) is 0 Å². The number of nitrogens with one attached hydrogen (secondary N) is 2. The Bertz CT molecular complexity index is 606. The van der Waals surface area contributed by atoms with E-state index < -0.39 is 0 Å². The van der Waals surface area contributed by atoms with Crippen LogP contribution in [0.1, 0.15) is 23.3 Å². The van der Waals surface area contributed by atoms with E-state index in [1.807, 2.05) is 6.07 Å². The van der Waals surface area contributed by atoms with Crippen LogP contribution in [0.5, 0.6) is 0 Å². The first-order chi connectivity index (χ1) is 9.70. The average Bonchev–Trinajstić information content (AvgIpc) is 3.26. The number of nitrogens with zero attached hydrogens (tertiary/aromatic N) is 1. The number of benzene rings is 1. The highest BCUT2D eigenvalue weighted by Gasteiger charge is 2.20. The Labute approximate surface area is 122 Å². The summed E-state index contributed by atoms with van der Waals surface area (Å²) in [6.07, 6.45) is 4.10. The molecular weight excluding hydrogens is 274 g/mol. The zero-order chi connectivity index (χ0) is 13.9. The van der Waals surface area contributed by atoms with Crippen molar-refractivity contribution in [2.75, 3.05) is 10.6 Å². The predicted molar refractivity (Wildman–Crippen MR) is 80.3 cm³/mol. The third kappa shape index (κ3) is 3.27. The molecule has 0 bridgehead atoms. The lowest BCUT2D eigenvalue weighted by Crippen LogP contribution is -2.13. The summed E-state index contributed by atoms with van der Waals surface area (Å²) in [4.78, 5) is 16.2. The summed E-state index contributed by atoms with van der Waals surface area (Å²) in [6.45, 7) is 0. The number of anilines is 2. The summed E-state index contributed by atoms with van der Waals surface area (Å²) in [7, 11) is 0. The van der Waals surface area contributed by atoms with Crippen LogP contribution in [0.15, 0.2) is 42.6 Å². The van der Waals surface area contributed by atoms with Crippen LogP contribution in [0.3, 0.4) is 0 Å². The van der Waals surface area contributed by atoms with Gasteiger partial charge in [-0.25, -0.2) is 4.98 Å². The highest BCUT2D eigenvalue weighted by Crippen LogP contribution is 2.24. The molecular formula is C15H14ClN3O. The number of rotatable bonds is 4. The summed E-state index contributed by atoms with van der Waals surface area (Å²) in [6, 6.07) is 11.1. The van der Waals surface area contributed by atoms with Crippen molar-refractivity contribution in [1.82, 2.24) is 4.98 Å². The first-order valence-corrected chi connectivity index (χ1v) is 6.88. The second-order valence-corrected chi connectivity index (χ2v) is 5.25. The molecule has 1 aromatic carbocycles. The fourth-order valence-electron chi connectivity index (χ4n) is 1.81. The third-order valence-corrected chi connectivity index (χ3v) is 3.30. The summed E-state index contributed by atoms with van der Waals surface area (Å²) < 4.78 is 0. The Hall–Kier alpha value is -2.07. The number of pyridine rings is 1. The van der Waals surface area contributed by atoms with E-state index in [0.29, 0.717) is 22.4 Å². The van der Waals surface area contributed by atoms with E-state index >= 15 is 0 Å². The molecule has 0 atom stereocenters. The lowest BCUT2D eigenvalue weighted by Gasteiger charge is -2.06. The Morgan fingerprint density at radius 3 is 2.40 bits per heavy atom. The fourth-order valence-corrected chi connectivity index (χ4v) is 1.93. The zero-order valence-electron chi connectivity index (χ0n) is 10.8. The molecule has 0 unspecified atom stereocenters. The second-order valence-electron chi connectivity index (χ2n) is 4.81. The van der Waals surface area contributed by atoms with Gasteiger partial charge in [-0.05, 0) is 49.2 Å². The van der Waals surface area contributed by atoms with Crippen LogP contribution in [0.25, 0.3) is 0 Å². The molecule has 1 aromatic heterocycles. The largest absolute Gasteiger partial charge is 0.381 e. The Balaban J connectivity index is 1.65. The van der Waals surface area contributed by atoms with Gasteiger partial charge in [0, 0.05) is 16.8 Å². The van der Waals surface area contributed by atoms with Crippen molar-refractivity contribution in [3.8, 4) is 0 Å². The molecule has 20 heavy (non-hydrogen) atoms. The standard InChI is InChI=1S/C15H14ClN3O/c16-10-1-3-12(4-2-10)19-15(20)14-8-7-13(9-17-14)18-11-5-6-11/h1-4,7-9,11,18H,5-6H2,(H,19,20). The summed E-state index contributed by atoms with van der Waals surface area (Å²) >= 11 is 5.80. The SMILES string of the molecule is O=C(Nc1ccc(Cl)cc1)c1ccc(NC2CC2)cn1. The number of carbonyl (C=O) groups excluding carboxylic acids is 1. The molecule has 5 heteroatoms. The Kier molecular flexibility index (Phi) is 3.56. The van der Waals surface area contributed by atoms with Gasteiger partial charge in [0.25, 0.3) is 5.91 Å². The van der Waals surface area contributed by atoms with E-state index in [1.54, 1.807) is 36.5 Å². The van der Waals surface area contributed by atoms with Gasteiger partial charge in [-0.15, -0.1) is 0 Å². The quantitative estimate of drug-likeness (QED) is 0.904. The van der Waals surface area contributed by atoms with Crippen LogP contribution < -0.4 is 10.6 Å². The van der Waals surface area contributed by atoms with Crippen molar-refractivity contribution in [2.24, 2.45) is 0 Å². The number of carbonyl (C=O) groups is 1. The molecule has 1 heterocycles. The molecule has 3 rings (SSSR count). The van der Waals surface area contributed by atoms with E-state index in [2.05, 4.69) is 15.6 Å². The topological polar surface area (TPSA) is 54.0 Å². The van der Waals surface area contributed by atoms with Crippen LogP contribution in [-0.2, 0) is 0 Å². The number of aromatic nitrogens is 1. The first kappa shape index (κ1) is 12.9. The minimum absolute atomic E-state index is 0.231. The molecule has 0 aliphatic heterocycles. The van der Waals surface area contributed by atoms with Crippen LogP contribution in [-0.4, -0.2) is 16.9 Å². The molecule has 102 valence electrons. The average molecular weight is 288 g/mol. The molecule has 0 saturated heterocycles. The maximum atomic E-state index is 12.0. The van der Waals surface area contributed by atoms with Gasteiger partial charge in [0.2, 0.25) is 0 Å². The fraction of sp³-hybridized carbons (Fsp3) is 0.200. The molecule has 1 saturated carbocycles. The molecule has 1 aliphatic carbocycles. The molecule has 1 fully saturated rings. The van der Waals surface area contributed by atoms with Gasteiger partial charge in [-0.3, -0.25) is 4.79 Å². The number of halogens is 1. The van der Waals surface area contributed by atoms with E-state index in [-0.39, 0.29) is 5.91 Å². The lowest BCUT2D eigenvalue weighted by atomic mass is 10.3. The number of amides is 1. The van der Waals surface area contributed by atoms with Crippen molar-refractivity contribution in [3.05, 3.63) is 53.3 Å². The molecule has 1 aliphatic rings. The molecule has 0 radical (unpaired) electrons. The van der Waals surface area contributed by atoms with Gasteiger partial charge in [0.1, 0.15) is 5.69 Å². The van der Waals surface area contributed by atoms with Gasteiger partial charge < -0.3 is 10.6 Å². The summed E-state index contributed by atoms with van der Waals surface area (Å²) in [5, 5.41) is 6.74. The van der Waals surface area contributed by atoms with E-state index in [4.69, 9.17) is 11.6 Å². The first-order valence-electron chi connectivity index (χ1n) is 6.50. The maximum Gasteiger partial charge on any atom is 0.274 e. The maximum absolute atomic E-state index is 12.0. The molecule has 1 amide bonds. The number of hydrogen-bond acceptors (Lipinski definition) is 3. The highest BCUT2D eigenvalue weighted by molar-refractivity contribution is 6.30. The van der Waals surface area contributed by atoms with Crippen LogP contribution >= 0.6 is 11.6 Å². The van der Waals surface area contributed by atoms with Crippen LogP contribution in [0.2, 0.25) is 5.02 Å². The van der Waals surface area contributed by atoms with E-state index in [0.717, 1.165) is 5.69 Å². The zero-order valence-corrected chi connectivity index (χ0v) is 11.5. The molecule has 2 aromatic rings. The van der Waals surface area contributed by atoms with Gasteiger partial charge in [0.05, 0.1) is 11.9 Å². The molecule has 0 spiro atoms. The smallest absolute Gasteiger partial charge is 0.274 e. The Morgan fingerprint density at radius 1 is 1.10 bits per heavy atom. The predicted octanol–water partition coefficient (Wildman–Crippen LogP) is 3.56. The summed E-state index contributed by atoms with van der Waals surface area (Å²) in [5.41, 5.74) is 2.04. The minimum atomic E-state index is -0.231. The van der Waals surface area contributed by atoms with Crippen molar-refractivity contribution in [3.63, 3.8) is 0 Å². The minimum Gasteiger partial charge on any atom is -0.381 e. The van der Waals surface area contributed by atoms with Gasteiger partial charge >= 0.3 is 0 Å². The monoisotopic (exact) mass is 287 g/mol. The van der Waals surface area contributed by atoms with E-state index in [9.17, 15) is 4.79 Å². The van der Waals surface area contributed by atoms with Crippen molar-refractivity contribution < 1.29 is 4.79 Å². The van der Waals surface area contributed by atoms with Crippen molar-refractivity contribution >= 4 is 28.9 Å². The van der Waals surface area contributed by atoms with Crippen LogP contribution in [0, 0.1) is 0 Å². The normalized spacial score (nSPS) is 13.8. The third-order valence-electron chi connectivity index (χ3n) is 3.05. The van der Waals surface area contributed by atoms with Gasteiger partial charge in [-0.1, -0.05) is 11.6 Å². The highest BCUT2D eigenvalue weighted by atomic mass is 35.5. The van der Waals surface area contributed by atoms with Gasteiger partial charge in [-0.2, -0.15) is 0 Å². The number of hydrogen-bond donors (Lipinski definition) is 2. The molecule has 2 N–H and O–H groups in total. The van der Waals surface area contributed by atoms with E-state index in [1.165, 1.54) is 12.8 Å². The van der Waals surface area contributed by atoms with Crippen molar-refractivity contribution in [2.45, 2.75) is 18.9 Å². The second kappa shape index (κ2) is 5.51. The lowest BCUT2D eigenvalue weighted by molar-refractivity contribution is 0.102. The van der Waals surface area contributed by atoms with Crippen LogP contribution in [0.4, 0.5) is 11.4 Å². The van der Waals surface area contributed by atoms with Gasteiger partial charge in [0.15, 0.2) is 0 Å². The molecule has 4 nitrogen and oxygen atoms in total. The Morgan fingerprint density at radius 2 is 1.80 bits per heavy atom. The summed E-state index contributed by atoms with van der Waals surface area (Å²) in [5.74, 6) is -0.231.